The van der Waals surface area contributed by atoms with Gasteiger partial charge in [0.1, 0.15) is 16.1 Å². The molecule has 2 N–H and O–H groups in total. The van der Waals surface area contributed by atoms with E-state index >= 15 is 0 Å². The molecule has 1 atom stereocenters. The molecule has 2 heterocycles. The van der Waals surface area contributed by atoms with Gasteiger partial charge in [-0.15, -0.1) is 0 Å². The molecule has 24 heavy (non-hydrogen) atoms. The van der Waals surface area contributed by atoms with Crippen LogP contribution in [0, 0.1) is 0 Å². The second-order valence-corrected chi connectivity index (χ2v) is 6.41. The number of allylic oxidation sites excluding steroid dienone is 2. The van der Waals surface area contributed by atoms with Gasteiger partial charge in [-0.25, -0.2) is 4.79 Å². The predicted molar refractivity (Wildman–Crippen MR) is 91.2 cm³/mol. The predicted octanol–water partition coefficient (Wildman–Crippen LogP) is 2.36. The minimum absolute atomic E-state index is 0.0930. The number of rotatable bonds is 7. The van der Waals surface area contributed by atoms with E-state index in [1.54, 1.807) is 24.3 Å². The molecule has 0 bridgehead atoms. The van der Waals surface area contributed by atoms with Crippen LogP contribution in [0.2, 0.25) is 0 Å². The van der Waals surface area contributed by atoms with Crippen molar-refractivity contribution in [2.24, 2.45) is 0 Å². The fraction of sp³-hybridized carbons (Fsp3) is 0.200. The molecule has 1 aliphatic heterocycles. The van der Waals surface area contributed by atoms with E-state index in [4.69, 9.17) is 21.7 Å². The molecular formula is C15H13NO6S2. The van der Waals surface area contributed by atoms with Gasteiger partial charge in [-0.2, -0.15) is 0 Å². The first-order chi connectivity index (χ1) is 11.4. The Balaban J connectivity index is 2.14. The SMILES string of the molecule is O=C(O)CCC(C(=O)O)N1C(=O)C(=CC=Cc2ccco2)SC1=S. The number of nitrogens with zero attached hydrogens (tertiary/aromatic N) is 1. The third-order valence-corrected chi connectivity index (χ3v) is 4.45. The molecular weight excluding hydrogens is 354 g/mol. The maximum Gasteiger partial charge on any atom is 0.326 e. The van der Waals surface area contributed by atoms with E-state index in [1.165, 1.54) is 12.3 Å². The molecule has 2 rings (SSSR count). The summed E-state index contributed by atoms with van der Waals surface area (Å²) in [5.41, 5.74) is 0. The molecule has 0 spiro atoms. The molecule has 1 amide bonds. The number of carbonyl (C=O) groups excluding carboxylic acids is 1. The molecule has 1 aliphatic rings. The summed E-state index contributed by atoms with van der Waals surface area (Å²) in [5.74, 6) is -2.37. The van der Waals surface area contributed by atoms with Crippen molar-refractivity contribution in [3.05, 3.63) is 41.2 Å². The summed E-state index contributed by atoms with van der Waals surface area (Å²) in [6, 6.07) is 2.16. The molecule has 1 aromatic rings. The lowest BCUT2D eigenvalue weighted by Gasteiger charge is -2.22. The minimum Gasteiger partial charge on any atom is -0.481 e. The number of carboxylic acids is 2. The molecule has 1 saturated heterocycles. The average Bonchev–Trinajstić information content (AvgIpc) is 3.10. The van der Waals surface area contributed by atoms with Crippen molar-refractivity contribution in [3.63, 3.8) is 0 Å². The Bertz CT molecular complexity index is 722. The number of thiocarbonyl (C=S) groups is 1. The van der Waals surface area contributed by atoms with Gasteiger partial charge in [0.25, 0.3) is 5.91 Å². The van der Waals surface area contributed by atoms with E-state index in [0.29, 0.717) is 5.76 Å². The van der Waals surface area contributed by atoms with Gasteiger partial charge in [0.05, 0.1) is 11.2 Å². The Morgan fingerprint density at radius 1 is 1.42 bits per heavy atom. The third-order valence-electron chi connectivity index (χ3n) is 3.10. The van der Waals surface area contributed by atoms with Crippen LogP contribution in [0.25, 0.3) is 6.08 Å². The molecule has 0 aliphatic carbocycles. The first kappa shape index (κ1) is 18.0. The topological polar surface area (TPSA) is 108 Å². The summed E-state index contributed by atoms with van der Waals surface area (Å²) in [5, 5.41) is 18.0. The van der Waals surface area contributed by atoms with E-state index in [9.17, 15) is 19.5 Å². The Morgan fingerprint density at radius 2 is 2.17 bits per heavy atom. The van der Waals surface area contributed by atoms with Crippen LogP contribution in [0.15, 0.2) is 39.9 Å². The third kappa shape index (κ3) is 4.33. The number of hydrogen-bond acceptors (Lipinski definition) is 6. The highest BCUT2D eigenvalue weighted by molar-refractivity contribution is 8.26. The normalized spacial score (nSPS) is 17.8. The second kappa shape index (κ2) is 7.93. The lowest BCUT2D eigenvalue weighted by atomic mass is 10.1. The molecule has 0 saturated carbocycles. The van der Waals surface area contributed by atoms with Gasteiger partial charge in [-0.1, -0.05) is 30.1 Å². The largest absolute Gasteiger partial charge is 0.481 e. The zero-order valence-corrected chi connectivity index (χ0v) is 13.9. The molecule has 1 fully saturated rings. The van der Waals surface area contributed by atoms with Gasteiger partial charge in [0, 0.05) is 6.42 Å². The van der Waals surface area contributed by atoms with Crippen molar-refractivity contribution in [2.45, 2.75) is 18.9 Å². The van der Waals surface area contributed by atoms with Crippen LogP contribution in [0.4, 0.5) is 0 Å². The fourth-order valence-corrected chi connectivity index (χ4v) is 3.31. The van der Waals surface area contributed by atoms with E-state index in [0.717, 1.165) is 16.7 Å². The first-order valence-corrected chi connectivity index (χ1v) is 8.04. The molecule has 1 aromatic heterocycles. The molecule has 7 nitrogen and oxygen atoms in total. The van der Waals surface area contributed by atoms with Gasteiger partial charge < -0.3 is 14.6 Å². The molecule has 126 valence electrons. The highest BCUT2D eigenvalue weighted by Gasteiger charge is 2.40. The molecule has 1 unspecified atom stereocenters. The highest BCUT2D eigenvalue weighted by atomic mass is 32.2. The monoisotopic (exact) mass is 367 g/mol. The summed E-state index contributed by atoms with van der Waals surface area (Å²) in [7, 11) is 0. The number of hydrogen-bond donors (Lipinski definition) is 2. The number of aliphatic carboxylic acids is 2. The van der Waals surface area contributed by atoms with Gasteiger partial charge in [0.2, 0.25) is 0 Å². The lowest BCUT2D eigenvalue weighted by molar-refractivity contribution is -0.146. The van der Waals surface area contributed by atoms with Crippen molar-refractivity contribution in [3.8, 4) is 0 Å². The van der Waals surface area contributed by atoms with Gasteiger partial charge >= 0.3 is 11.9 Å². The van der Waals surface area contributed by atoms with Crippen LogP contribution in [-0.4, -0.2) is 43.3 Å². The van der Waals surface area contributed by atoms with Crippen LogP contribution < -0.4 is 0 Å². The molecule has 0 aromatic carbocycles. The van der Waals surface area contributed by atoms with Gasteiger partial charge in [0.15, 0.2) is 0 Å². The zero-order valence-electron chi connectivity index (χ0n) is 12.2. The van der Waals surface area contributed by atoms with Crippen LogP contribution in [-0.2, 0) is 14.4 Å². The van der Waals surface area contributed by atoms with Crippen molar-refractivity contribution in [1.29, 1.82) is 0 Å². The van der Waals surface area contributed by atoms with Gasteiger partial charge in [-0.05, 0) is 30.7 Å². The van der Waals surface area contributed by atoms with Crippen molar-refractivity contribution in [2.75, 3.05) is 0 Å². The van der Waals surface area contributed by atoms with Crippen LogP contribution in [0.1, 0.15) is 18.6 Å². The van der Waals surface area contributed by atoms with Gasteiger partial charge in [-0.3, -0.25) is 14.5 Å². The van der Waals surface area contributed by atoms with E-state index in [2.05, 4.69) is 0 Å². The van der Waals surface area contributed by atoms with E-state index in [-0.39, 0.29) is 22.1 Å². The quantitative estimate of drug-likeness (QED) is 0.558. The number of carbonyl (C=O) groups is 3. The standard InChI is InChI=1S/C15H13NO6S2/c17-12(18)7-6-10(14(20)21)16-13(19)11(24-15(16)23)5-1-3-9-4-2-8-22-9/h1-5,8,10H,6-7H2,(H,17,18)(H,20,21). The van der Waals surface area contributed by atoms with Crippen molar-refractivity contribution >= 4 is 52.2 Å². The molecule has 9 heteroatoms. The van der Waals surface area contributed by atoms with Crippen molar-refractivity contribution < 1.29 is 29.0 Å². The minimum atomic E-state index is -1.30. The number of thioether (sulfide) groups is 1. The maximum absolute atomic E-state index is 12.4. The number of furan rings is 1. The zero-order chi connectivity index (χ0) is 17.7. The lowest BCUT2D eigenvalue weighted by Crippen LogP contribution is -2.44. The maximum atomic E-state index is 12.4. The van der Waals surface area contributed by atoms with E-state index in [1.807, 2.05) is 0 Å². The summed E-state index contributed by atoms with van der Waals surface area (Å²) in [6.07, 6.45) is 5.68. The Hall–Kier alpha value is -2.39. The van der Waals surface area contributed by atoms with E-state index < -0.39 is 23.9 Å². The van der Waals surface area contributed by atoms with Crippen LogP contribution >= 0.6 is 24.0 Å². The molecule has 0 radical (unpaired) electrons. The summed E-state index contributed by atoms with van der Waals surface area (Å²) >= 11 is 6.05. The summed E-state index contributed by atoms with van der Waals surface area (Å²) in [4.78, 5) is 35.6. The summed E-state index contributed by atoms with van der Waals surface area (Å²) < 4.78 is 5.21. The smallest absolute Gasteiger partial charge is 0.326 e. The average molecular weight is 367 g/mol. The number of carboxylic acid groups (broad SMARTS) is 2. The Labute approximate surface area is 146 Å². The second-order valence-electron chi connectivity index (χ2n) is 4.74. The van der Waals surface area contributed by atoms with Crippen LogP contribution in [0.5, 0.6) is 0 Å². The first-order valence-electron chi connectivity index (χ1n) is 6.82. The highest BCUT2D eigenvalue weighted by Crippen LogP contribution is 2.33. The number of amides is 1. The fourth-order valence-electron chi connectivity index (χ4n) is 2.00. The van der Waals surface area contributed by atoms with Crippen molar-refractivity contribution in [1.82, 2.24) is 4.90 Å². The Morgan fingerprint density at radius 3 is 2.75 bits per heavy atom. The van der Waals surface area contributed by atoms with Crippen LogP contribution in [0.3, 0.4) is 0 Å². The Kier molecular flexibility index (Phi) is 5.93. The summed E-state index contributed by atoms with van der Waals surface area (Å²) in [6.45, 7) is 0.